The number of hydrazine groups is 1. The molecule has 1 saturated carbocycles. The van der Waals surface area contributed by atoms with Crippen LogP contribution in [-0.4, -0.2) is 42.8 Å². The van der Waals surface area contributed by atoms with Gasteiger partial charge in [-0.15, -0.1) is 0 Å². The molecule has 0 aromatic heterocycles. The second kappa shape index (κ2) is 7.40. The zero-order chi connectivity index (χ0) is 15.5. The van der Waals surface area contributed by atoms with Gasteiger partial charge in [0.25, 0.3) is 0 Å². The molecule has 0 spiro atoms. The summed E-state index contributed by atoms with van der Waals surface area (Å²) in [5.41, 5.74) is 3.34. The number of rotatable bonds is 5. The van der Waals surface area contributed by atoms with Crippen LogP contribution < -0.4 is 11.3 Å². The summed E-state index contributed by atoms with van der Waals surface area (Å²) in [6.07, 6.45) is 5.07. The van der Waals surface area contributed by atoms with Gasteiger partial charge in [0, 0.05) is 24.7 Å². The van der Waals surface area contributed by atoms with Crippen LogP contribution in [0.15, 0.2) is 0 Å². The zero-order valence-electron chi connectivity index (χ0n) is 14.4. The number of nitrogens with two attached hydrogens (primary N) is 1. The van der Waals surface area contributed by atoms with Gasteiger partial charge >= 0.3 is 0 Å². The van der Waals surface area contributed by atoms with Gasteiger partial charge in [0.05, 0.1) is 13.2 Å². The van der Waals surface area contributed by atoms with Crippen molar-refractivity contribution in [2.24, 2.45) is 23.6 Å². The molecule has 2 rings (SSSR count). The standard InChI is InChI=1S/C17H35N3O/c1-5-17(4,20-8-10-21-11-9-20)16(19-18)15-7-6-13(2)14(3)12-15/h13-16,19H,5-12,18H2,1-4H3. The number of hydrogen-bond acceptors (Lipinski definition) is 4. The summed E-state index contributed by atoms with van der Waals surface area (Å²) >= 11 is 0. The van der Waals surface area contributed by atoms with Crippen molar-refractivity contribution in [2.45, 2.75) is 65.0 Å². The zero-order valence-corrected chi connectivity index (χ0v) is 14.4. The topological polar surface area (TPSA) is 50.5 Å². The molecule has 0 aromatic rings. The van der Waals surface area contributed by atoms with Crippen molar-refractivity contribution in [1.29, 1.82) is 0 Å². The lowest BCUT2D eigenvalue weighted by Gasteiger charge is -2.51. The van der Waals surface area contributed by atoms with E-state index in [2.05, 4.69) is 38.0 Å². The van der Waals surface area contributed by atoms with Gasteiger partial charge in [0.2, 0.25) is 0 Å². The minimum Gasteiger partial charge on any atom is -0.379 e. The lowest BCUT2D eigenvalue weighted by Crippen LogP contribution is -2.65. The molecule has 1 heterocycles. The van der Waals surface area contributed by atoms with Crippen molar-refractivity contribution in [3.05, 3.63) is 0 Å². The van der Waals surface area contributed by atoms with E-state index in [9.17, 15) is 0 Å². The van der Waals surface area contributed by atoms with Crippen LogP contribution in [0.25, 0.3) is 0 Å². The molecule has 4 nitrogen and oxygen atoms in total. The van der Waals surface area contributed by atoms with Crippen molar-refractivity contribution in [3.8, 4) is 0 Å². The van der Waals surface area contributed by atoms with Crippen LogP contribution >= 0.6 is 0 Å². The molecule has 0 aromatic carbocycles. The highest BCUT2D eigenvalue weighted by atomic mass is 16.5. The molecule has 3 N–H and O–H groups in total. The lowest BCUT2D eigenvalue weighted by atomic mass is 9.68. The third-order valence-electron chi connectivity index (χ3n) is 6.41. The monoisotopic (exact) mass is 297 g/mol. The van der Waals surface area contributed by atoms with E-state index in [1.54, 1.807) is 0 Å². The fourth-order valence-corrected chi connectivity index (χ4v) is 4.43. The average molecular weight is 297 g/mol. The Labute approximate surface area is 130 Å². The third-order valence-corrected chi connectivity index (χ3v) is 6.41. The molecular weight excluding hydrogens is 262 g/mol. The molecule has 2 aliphatic rings. The molecule has 1 aliphatic carbocycles. The predicted octanol–water partition coefficient (Wildman–Crippen LogP) is 2.39. The van der Waals surface area contributed by atoms with Crippen LogP contribution in [0.4, 0.5) is 0 Å². The first-order valence-electron chi connectivity index (χ1n) is 8.81. The van der Waals surface area contributed by atoms with Crippen molar-refractivity contribution >= 4 is 0 Å². The average Bonchev–Trinajstić information content (AvgIpc) is 2.52. The quantitative estimate of drug-likeness (QED) is 0.604. The van der Waals surface area contributed by atoms with E-state index in [1.165, 1.54) is 19.3 Å². The van der Waals surface area contributed by atoms with E-state index in [0.717, 1.165) is 44.6 Å². The Bertz CT molecular complexity index is 319. The molecule has 0 radical (unpaired) electrons. The Morgan fingerprint density at radius 3 is 2.43 bits per heavy atom. The minimum atomic E-state index is 0.128. The Morgan fingerprint density at radius 2 is 1.90 bits per heavy atom. The fraction of sp³-hybridized carbons (Fsp3) is 1.00. The van der Waals surface area contributed by atoms with E-state index >= 15 is 0 Å². The second-order valence-corrected chi connectivity index (χ2v) is 7.48. The van der Waals surface area contributed by atoms with Gasteiger partial charge in [0.1, 0.15) is 0 Å². The van der Waals surface area contributed by atoms with E-state index in [0.29, 0.717) is 12.0 Å². The van der Waals surface area contributed by atoms with Crippen molar-refractivity contribution < 1.29 is 4.74 Å². The van der Waals surface area contributed by atoms with Gasteiger partial charge in [0.15, 0.2) is 0 Å². The second-order valence-electron chi connectivity index (χ2n) is 7.48. The predicted molar refractivity (Wildman–Crippen MR) is 87.9 cm³/mol. The molecule has 2 fully saturated rings. The van der Waals surface area contributed by atoms with Gasteiger partial charge < -0.3 is 4.74 Å². The third kappa shape index (κ3) is 3.61. The maximum atomic E-state index is 6.04. The van der Waals surface area contributed by atoms with Crippen LogP contribution in [0.5, 0.6) is 0 Å². The maximum Gasteiger partial charge on any atom is 0.0594 e. The first kappa shape index (κ1) is 17.2. The normalized spacial score (nSPS) is 36.1. The van der Waals surface area contributed by atoms with Gasteiger partial charge in [-0.2, -0.15) is 0 Å². The first-order chi connectivity index (χ1) is 10.0. The van der Waals surface area contributed by atoms with E-state index in [4.69, 9.17) is 10.6 Å². The van der Waals surface area contributed by atoms with E-state index < -0.39 is 0 Å². The van der Waals surface area contributed by atoms with Gasteiger partial charge in [-0.25, -0.2) is 0 Å². The molecule has 1 aliphatic heterocycles. The smallest absolute Gasteiger partial charge is 0.0594 e. The molecule has 0 bridgehead atoms. The molecule has 1 saturated heterocycles. The minimum absolute atomic E-state index is 0.128. The molecule has 5 atom stereocenters. The van der Waals surface area contributed by atoms with Crippen molar-refractivity contribution in [3.63, 3.8) is 0 Å². The molecular formula is C17H35N3O. The SMILES string of the molecule is CCC(C)(C(NN)C1CCC(C)C(C)C1)N1CCOCC1. The summed E-state index contributed by atoms with van der Waals surface area (Å²) in [7, 11) is 0. The fourth-order valence-electron chi connectivity index (χ4n) is 4.43. The first-order valence-corrected chi connectivity index (χ1v) is 8.81. The van der Waals surface area contributed by atoms with E-state index in [-0.39, 0.29) is 5.54 Å². The highest BCUT2D eigenvalue weighted by Gasteiger charge is 2.43. The van der Waals surface area contributed by atoms with Gasteiger partial charge in [-0.1, -0.05) is 27.2 Å². The molecule has 4 heteroatoms. The summed E-state index contributed by atoms with van der Waals surface area (Å²) in [5.74, 6) is 8.40. The van der Waals surface area contributed by atoms with Crippen LogP contribution in [0.2, 0.25) is 0 Å². The number of hydrogen-bond donors (Lipinski definition) is 2. The Balaban J connectivity index is 2.12. The van der Waals surface area contributed by atoms with E-state index in [1.807, 2.05) is 0 Å². The Hall–Kier alpha value is -0.160. The highest BCUT2D eigenvalue weighted by molar-refractivity contribution is 5.00. The molecule has 5 unspecified atom stereocenters. The summed E-state index contributed by atoms with van der Waals surface area (Å²) < 4.78 is 5.54. The van der Waals surface area contributed by atoms with Gasteiger partial charge in [-0.05, 0) is 43.9 Å². The van der Waals surface area contributed by atoms with Crippen LogP contribution in [-0.2, 0) is 4.74 Å². The summed E-state index contributed by atoms with van der Waals surface area (Å²) in [6, 6.07) is 0.371. The van der Waals surface area contributed by atoms with Crippen molar-refractivity contribution in [1.82, 2.24) is 10.3 Å². The lowest BCUT2D eigenvalue weighted by molar-refractivity contribution is -0.0469. The molecule has 21 heavy (non-hydrogen) atoms. The summed E-state index contributed by atoms with van der Waals surface area (Å²) in [4.78, 5) is 2.60. The van der Waals surface area contributed by atoms with Crippen LogP contribution in [0, 0.1) is 17.8 Å². The summed E-state index contributed by atoms with van der Waals surface area (Å²) in [5, 5.41) is 0. The number of morpholine rings is 1. The Morgan fingerprint density at radius 1 is 1.24 bits per heavy atom. The largest absolute Gasteiger partial charge is 0.379 e. The number of nitrogens with one attached hydrogen (secondary N) is 1. The highest BCUT2D eigenvalue weighted by Crippen LogP contribution is 2.39. The van der Waals surface area contributed by atoms with Crippen molar-refractivity contribution in [2.75, 3.05) is 26.3 Å². The summed E-state index contributed by atoms with van der Waals surface area (Å²) in [6.45, 7) is 13.3. The van der Waals surface area contributed by atoms with Gasteiger partial charge in [-0.3, -0.25) is 16.2 Å². The number of ether oxygens (including phenoxy) is 1. The molecule has 124 valence electrons. The number of nitrogens with zero attached hydrogens (tertiary/aromatic N) is 1. The molecule has 0 amide bonds. The Kier molecular flexibility index (Phi) is 6.06. The van der Waals surface area contributed by atoms with Crippen LogP contribution in [0.3, 0.4) is 0 Å². The maximum absolute atomic E-state index is 6.04. The van der Waals surface area contributed by atoms with Crippen LogP contribution in [0.1, 0.15) is 53.4 Å².